The molecule has 4 heteroatoms. The summed E-state index contributed by atoms with van der Waals surface area (Å²) in [5, 5.41) is 0.499. The zero-order chi connectivity index (χ0) is 13.1. The number of hydrogen-bond acceptors (Lipinski definition) is 3. The van der Waals surface area contributed by atoms with Crippen LogP contribution in [0, 0.1) is 0 Å². The van der Waals surface area contributed by atoms with Crippen molar-refractivity contribution in [2.75, 3.05) is 5.73 Å². The Kier molecular flexibility index (Phi) is 4.04. The highest BCUT2D eigenvalue weighted by atomic mass is 35.5. The molecule has 2 N–H and O–H groups in total. The van der Waals surface area contributed by atoms with Crippen LogP contribution in [-0.4, -0.2) is 5.78 Å². The molecular weight excluding hydrogens is 266 g/mol. The summed E-state index contributed by atoms with van der Waals surface area (Å²) in [5.41, 5.74) is 6.78. The molecule has 0 amide bonds. The number of hydrogen-bond donors (Lipinski definition) is 1. The first-order chi connectivity index (χ1) is 8.58. The van der Waals surface area contributed by atoms with E-state index in [1.165, 1.54) is 4.88 Å². The van der Waals surface area contributed by atoms with E-state index < -0.39 is 0 Å². The normalized spacial score (nSPS) is 10.6. The van der Waals surface area contributed by atoms with Crippen molar-refractivity contribution in [2.45, 2.75) is 19.8 Å². The smallest absolute Gasteiger partial charge is 0.168 e. The fraction of sp³-hybridized carbons (Fsp3) is 0.214. The van der Waals surface area contributed by atoms with E-state index in [1.54, 1.807) is 29.5 Å². The Bertz CT molecular complexity index is 557. The SMILES string of the molecule is CCc1ccc(CC(=O)c2cc(N)cc(Cl)c2)s1. The van der Waals surface area contributed by atoms with E-state index in [0.717, 1.165) is 11.3 Å². The predicted molar refractivity (Wildman–Crippen MR) is 77.6 cm³/mol. The minimum absolute atomic E-state index is 0.0497. The standard InChI is InChI=1S/C14H14ClNOS/c1-2-12-3-4-13(18-12)8-14(17)9-5-10(15)7-11(16)6-9/h3-7H,2,8,16H2,1H3. The third-order valence-electron chi connectivity index (χ3n) is 2.64. The molecular formula is C14H14ClNOS. The van der Waals surface area contributed by atoms with Crippen LogP contribution in [0.5, 0.6) is 0 Å². The highest BCUT2D eigenvalue weighted by Gasteiger charge is 2.10. The zero-order valence-corrected chi connectivity index (χ0v) is 11.6. The molecule has 0 aliphatic carbocycles. The summed E-state index contributed by atoms with van der Waals surface area (Å²) in [4.78, 5) is 14.5. The van der Waals surface area contributed by atoms with E-state index >= 15 is 0 Å². The molecule has 0 aliphatic heterocycles. The van der Waals surface area contributed by atoms with Crippen LogP contribution in [0.3, 0.4) is 0 Å². The van der Waals surface area contributed by atoms with Gasteiger partial charge in [0.2, 0.25) is 0 Å². The summed E-state index contributed by atoms with van der Waals surface area (Å²) >= 11 is 7.57. The fourth-order valence-corrected chi connectivity index (χ4v) is 2.94. The van der Waals surface area contributed by atoms with Crippen molar-refractivity contribution in [2.24, 2.45) is 0 Å². The second-order valence-electron chi connectivity index (χ2n) is 4.09. The van der Waals surface area contributed by atoms with Crippen LogP contribution < -0.4 is 5.73 Å². The molecule has 2 nitrogen and oxygen atoms in total. The second kappa shape index (κ2) is 5.55. The zero-order valence-electron chi connectivity index (χ0n) is 10.1. The number of rotatable bonds is 4. The molecule has 0 fully saturated rings. The van der Waals surface area contributed by atoms with E-state index in [-0.39, 0.29) is 5.78 Å². The summed E-state index contributed by atoms with van der Waals surface area (Å²) in [6.07, 6.45) is 1.41. The van der Waals surface area contributed by atoms with Crippen LogP contribution in [0.2, 0.25) is 5.02 Å². The lowest BCUT2D eigenvalue weighted by Crippen LogP contribution is -2.03. The summed E-state index contributed by atoms with van der Waals surface area (Å²) < 4.78 is 0. The molecule has 1 aromatic carbocycles. The van der Waals surface area contributed by atoms with E-state index in [9.17, 15) is 4.79 Å². The van der Waals surface area contributed by atoms with Crippen molar-refractivity contribution in [3.8, 4) is 0 Å². The van der Waals surface area contributed by atoms with Crippen LogP contribution in [0.4, 0.5) is 5.69 Å². The second-order valence-corrected chi connectivity index (χ2v) is 5.78. The highest BCUT2D eigenvalue weighted by Crippen LogP contribution is 2.21. The predicted octanol–water partition coefficient (Wildman–Crippen LogP) is 3.97. The summed E-state index contributed by atoms with van der Waals surface area (Å²) in [6.45, 7) is 2.11. The van der Waals surface area contributed by atoms with Gasteiger partial charge in [-0.05, 0) is 36.8 Å². The molecule has 2 aromatic rings. The third-order valence-corrected chi connectivity index (χ3v) is 4.09. The van der Waals surface area contributed by atoms with Crippen LogP contribution >= 0.6 is 22.9 Å². The van der Waals surface area contributed by atoms with E-state index in [0.29, 0.717) is 22.7 Å². The minimum atomic E-state index is 0.0497. The molecule has 2 rings (SSSR count). The number of nitrogen functional groups attached to an aromatic ring is 1. The maximum Gasteiger partial charge on any atom is 0.168 e. The molecule has 94 valence electrons. The summed E-state index contributed by atoms with van der Waals surface area (Å²) in [6, 6.07) is 9.05. The molecule has 0 atom stereocenters. The number of anilines is 1. The van der Waals surface area contributed by atoms with Crippen molar-refractivity contribution in [3.63, 3.8) is 0 Å². The van der Waals surface area contributed by atoms with Gasteiger partial charge in [0.1, 0.15) is 0 Å². The number of Topliss-reactive ketones (excluding diaryl/α,β-unsaturated/α-hetero) is 1. The number of nitrogens with two attached hydrogens (primary N) is 1. The van der Waals surface area contributed by atoms with Gasteiger partial charge in [0.15, 0.2) is 5.78 Å². The molecule has 0 spiro atoms. The Labute approximate surface area is 115 Å². The molecule has 0 saturated carbocycles. The van der Waals surface area contributed by atoms with Crippen molar-refractivity contribution < 1.29 is 4.79 Å². The Morgan fingerprint density at radius 3 is 2.61 bits per heavy atom. The summed E-state index contributed by atoms with van der Waals surface area (Å²) in [7, 11) is 0. The number of aryl methyl sites for hydroxylation is 1. The Hall–Kier alpha value is -1.32. The van der Waals surface area contributed by atoms with E-state index in [1.807, 2.05) is 6.07 Å². The van der Waals surface area contributed by atoms with E-state index in [4.69, 9.17) is 17.3 Å². The quantitative estimate of drug-likeness (QED) is 0.680. The van der Waals surface area contributed by atoms with Gasteiger partial charge in [-0.2, -0.15) is 0 Å². The lowest BCUT2D eigenvalue weighted by Gasteiger charge is -2.02. The van der Waals surface area contributed by atoms with Gasteiger partial charge in [0.05, 0.1) is 0 Å². The molecule has 1 aromatic heterocycles. The first-order valence-electron chi connectivity index (χ1n) is 5.75. The monoisotopic (exact) mass is 279 g/mol. The Morgan fingerprint density at radius 1 is 1.28 bits per heavy atom. The minimum Gasteiger partial charge on any atom is -0.399 e. The Morgan fingerprint density at radius 2 is 2.00 bits per heavy atom. The number of carbonyl (C=O) groups is 1. The maximum absolute atomic E-state index is 12.1. The molecule has 0 aliphatic rings. The van der Waals surface area contributed by atoms with Crippen LogP contribution in [0.1, 0.15) is 27.0 Å². The molecule has 0 bridgehead atoms. The van der Waals surface area contributed by atoms with Crippen molar-refractivity contribution in [3.05, 3.63) is 50.7 Å². The third kappa shape index (κ3) is 3.12. The molecule has 18 heavy (non-hydrogen) atoms. The summed E-state index contributed by atoms with van der Waals surface area (Å²) in [5.74, 6) is 0.0497. The van der Waals surface area contributed by atoms with E-state index in [2.05, 4.69) is 13.0 Å². The van der Waals surface area contributed by atoms with Gasteiger partial charge >= 0.3 is 0 Å². The van der Waals surface area contributed by atoms with Gasteiger partial charge in [-0.1, -0.05) is 18.5 Å². The molecule has 0 saturated heterocycles. The average Bonchev–Trinajstić information content (AvgIpc) is 2.75. The van der Waals surface area contributed by atoms with Crippen molar-refractivity contribution in [1.29, 1.82) is 0 Å². The Balaban J connectivity index is 2.16. The lowest BCUT2D eigenvalue weighted by molar-refractivity contribution is 0.0994. The van der Waals surface area contributed by atoms with Crippen molar-refractivity contribution in [1.82, 2.24) is 0 Å². The van der Waals surface area contributed by atoms with Crippen LogP contribution in [0.15, 0.2) is 30.3 Å². The van der Waals surface area contributed by atoms with Crippen LogP contribution in [-0.2, 0) is 12.8 Å². The number of carbonyl (C=O) groups excluding carboxylic acids is 1. The van der Waals surface area contributed by atoms with Gasteiger partial charge in [0, 0.05) is 32.4 Å². The first-order valence-corrected chi connectivity index (χ1v) is 6.94. The van der Waals surface area contributed by atoms with Gasteiger partial charge in [-0.3, -0.25) is 4.79 Å². The van der Waals surface area contributed by atoms with Gasteiger partial charge in [-0.25, -0.2) is 0 Å². The molecule has 0 radical (unpaired) electrons. The average molecular weight is 280 g/mol. The van der Waals surface area contributed by atoms with Gasteiger partial charge < -0.3 is 5.73 Å². The topological polar surface area (TPSA) is 43.1 Å². The van der Waals surface area contributed by atoms with Crippen LogP contribution in [0.25, 0.3) is 0 Å². The molecule has 1 heterocycles. The first kappa shape index (κ1) is 13.1. The lowest BCUT2D eigenvalue weighted by atomic mass is 10.1. The molecule has 0 unspecified atom stereocenters. The fourth-order valence-electron chi connectivity index (χ4n) is 1.74. The maximum atomic E-state index is 12.1. The number of thiophene rings is 1. The number of halogens is 1. The number of ketones is 1. The van der Waals surface area contributed by atoms with Gasteiger partial charge in [-0.15, -0.1) is 11.3 Å². The highest BCUT2D eigenvalue weighted by molar-refractivity contribution is 7.12. The van der Waals surface area contributed by atoms with Crippen molar-refractivity contribution >= 4 is 34.4 Å². The van der Waals surface area contributed by atoms with Gasteiger partial charge in [0.25, 0.3) is 0 Å². The largest absolute Gasteiger partial charge is 0.399 e. The number of benzene rings is 1.